The summed E-state index contributed by atoms with van der Waals surface area (Å²) in [5, 5.41) is 9.33. The van der Waals surface area contributed by atoms with Gasteiger partial charge in [-0.05, 0) is 215 Å². The minimum Gasteiger partial charge on any atom is -0.481 e. The van der Waals surface area contributed by atoms with Crippen molar-refractivity contribution < 1.29 is 19.4 Å². The number of carbonyl (C=O) groups is 2. The Morgan fingerprint density at radius 3 is 1.69 bits per heavy atom. The molecule has 1 N–H and O–H groups in total. The third-order valence-electron chi connectivity index (χ3n) is 20.6. The number of hydrogen-bond donors (Lipinski definition) is 1. The van der Waals surface area contributed by atoms with Gasteiger partial charge in [0, 0.05) is 12.8 Å². The fourth-order valence-electron chi connectivity index (χ4n) is 17.9. The van der Waals surface area contributed by atoms with E-state index in [4.69, 9.17) is 4.74 Å². The average molecular weight is 719 g/mol. The molecule has 8 aliphatic rings. The topological polar surface area (TPSA) is 63.6 Å². The van der Waals surface area contributed by atoms with Crippen LogP contribution in [0, 0.1) is 92.7 Å². The van der Waals surface area contributed by atoms with E-state index in [1.165, 1.54) is 109 Å². The van der Waals surface area contributed by atoms with Crippen molar-refractivity contribution in [1.82, 2.24) is 0 Å². The van der Waals surface area contributed by atoms with Gasteiger partial charge in [-0.25, -0.2) is 0 Å². The van der Waals surface area contributed by atoms with Crippen molar-refractivity contribution in [3.8, 4) is 0 Å². The number of ether oxygens (including phenoxy) is 1. The van der Waals surface area contributed by atoms with Crippen molar-refractivity contribution in [3.05, 3.63) is 0 Å². The molecule has 0 bridgehead atoms. The first-order chi connectivity index (χ1) is 24.8. The van der Waals surface area contributed by atoms with Crippen LogP contribution in [0.5, 0.6) is 0 Å². The molecule has 8 aliphatic carbocycles. The summed E-state index contributed by atoms with van der Waals surface area (Å²) in [6, 6.07) is 0. The largest absolute Gasteiger partial charge is 0.481 e. The molecule has 0 aromatic carbocycles. The van der Waals surface area contributed by atoms with Gasteiger partial charge in [0.05, 0.1) is 0 Å². The minimum absolute atomic E-state index is 0.0866. The van der Waals surface area contributed by atoms with E-state index in [2.05, 4.69) is 41.5 Å². The molecule has 5 unspecified atom stereocenters. The molecule has 52 heavy (non-hydrogen) atoms. The smallest absolute Gasteiger partial charge is 0.306 e. The van der Waals surface area contributed by atoms with E-state index in [1.54, 1.807) is 0 Å². The van der Waals surface area contributed by atoms with Crippen molar-refractivity contribution in [2.24, 2.45) is 92.7 Å². The molecule has 0 spiro atoms. The van der Waals surface area contributed by atoms with Gasteiger partial charge < -0.3 is 9.84 Å². The number of carbonyl (C=O) groups excluding carboxylic acids is 1. The summed E-state index contributed by atoms with van der Waals surface area (Å²) in [6.07, 6.45) is 28.9. The lowest BCUT2D eigenvalue weighted by Gasteiger charge is -2.61. The lowest BCUT2D eigenvalue weighted by Crippen LogP contribution is -2.54. The van der Waals surface area contributed by atoms with Crippen LogP contribution in [-0.2, 0) is 14.3 Å². The first kappa shape index (κ1) is 37.8. The van der Waals surface area contributed by atoms with Crippen LogP contribution in [0.2, 0.25) is 0 Å². The van der Waals surface area contributed by atoms with Gasteiger partial charge in [-0.2, -0.15) is 0 Å². The molecule has 17 atom stereocenters. The van der Waals surface area contributed by atoms with Gasteiger partial charge in [0.2, 0.25) is 0 Å². The van der Waals surface area contributed by atoms with Gasteiger partial charge >= 0.3 is 11.9 Å². The Hall–Kier alpha value is -1.06. The minimum atomic E-state index is -0.642. The molecule has 8 rings (SSSR count). The Kier molecular flexibility index (Phi) is 10.3. The summed E-state index contributed by atoms with van der Waals surface area (Å²) in [5.74, 6) is 8.98. The molecule has 4 heteroatoms. The predicted molar refractivity (Wildman–Crippen MR) is 209 cm³/mol. The van der Waals surface area contributed by atoms with Crippen LogP contribution in [0.15, 0.2) is 0 Å². The van der Waals surface area contributed by atoms with E-state index in [0.717, 1.165) is 73.0 Å². The molecule has 0 heterocycles. The fourth-order valence-corrected chi connectivity index (χ4v) is 17.9. The van der Waals surface area contributed by atoms with Crippen LogP contribution >= 0.6 is 0 Å². The maximum Gasteiger partial charge on any atom is 0.306 e. The molecular formula is C48H78O4. The maximum absolute atomic E-state index is 13.5. The number of carboxylic acids is 1. The molecule has 4 nitrogen and oxygen atoms in total. The zero-order chi connectivity index (χ0) is 36.6. The van der Waals surface area contributed by atoms with Crippen LogP contribution < -0.4 is 0 Å². The summed E-state index contributed by atoms with van der Waals surface area (Å²) in [4.78, 5) is 24.8. The Labute approximate surface area is 318 Å². The standard InChI is InChI=1S/C48H78O4/c1-30(10-20-43(49)50)37-16-18-40-36-15-13-33-29-34(22-26-46(33,4)42(36)24-28-47(37,40)5)52-44(51)21-11-31(2)38-17-19-39-35-14-12-32-9-7-8-25-45(32,3)41(35)23-27-48(38,39)6/h30-42H,7-29H2,1-6H3,(H,49,50)/t30-,31-,32?,33?,34-,35?,36+,37-,38-,39?,40+,41?,42+,45+,46+,47-,48-/m1/s1. The highest BCUT2D eigenvalue weighted by Crippen LogP contribution is 2.70. The lowest BCUT2D eigenvalue weighted by molar-refractivity contribution is -0.163. The lowest BCUT2D eigenvalue weighted by atomic mass is 9.44. The van der Waals surface area contributed by atoms with Crippen molar-refractivity contribution in [2.45, 2.75) is 195 Å². The SMILES string of the molecule is C[C@H](CCC(=O)O)[C@H]1CC[C@H]2[C@@H]3CCC4C[C@H](OC(=O)CC[C@@H](C)[C@H]5CCC6C7CCC8CCCC[C@]8(C)C7CC[C@@]65C)CC[C@]4(C)[C@H]3CC[C@]12C. The van der Waals surface area contributed by atoms with E-state index in [-0.39, 0.29) is 12.1 Å². The van der Waals surface area contributed by atoms with E-state index >= 15 is 0 Å². The molecule has 0 amide bonds. The van der Waals surface area contributed by atoms with Gasteiger partial charge in [0.15, 0.2) is 0 Å². The first-order valence-electron chi connectivity index (χ1n) is 23.2. The van der Waals surface area contributed by atoms with Crippen LogP contribution in [0.3, 0.4) is 0 Å². The summed E-state index contributed by atoms with van der Waals surface area (Å²) in [7, 11) is 0. The molecular weight excluding hydrogens is 641 g/mol. The molecule has 8 fully saturated rings. The average Bonchev–Trinajstić information content (AvgIpc) is 3.66. The number of fused-ring (bicyclic) bond motifs is 10. The first-order valence-corrected chi connectivity index (χ1v) is 23.2. The van der Waals surface area contributed by atoms with Crippen LogP contribution in [0.1, 0.15) is 189 Å². The highest BCUT2D eigenvalue weighted by molar-refractivity contribution is 5.69. The second-order valence-electron chi connectivity index (χ2n) is 22.3. The number of carboxylic acid groups (broad SMARTS) is 1. The molecule has 0 aromatic rings. The van der Waals surface area contributed by atoms with Crippen molar-refractivity contribution in [3.63, 3.8) is 0 Å². The quantitative estimate of drug-likeness (QED) is 0.241. The highest BCUT2D eigenvalue weighted by atomic mass is 16.5. The molecule has 294 valence electrons. The monoisotopic (exact) mass is 719 g/mol. The third-order valence-corrected chi connectivity index (χ3v) is 20.6. The van der Waals surface area contributed by atoms with Crippen LogP contribution in [-0.4, -0.2) is 23.1 Å². The van der Waals surface area contributed by atoms with Gasteiger partial charge in [-0.15, -0.1) is 0 Å². The van der Waals surface area contributed by atoms with Crippen LogP contribution in [0.4, 0.5) is 0 Å². The second-order valence-corrected chi connectivity index (χ2v) is 22.3. The molecule has 0 radical (unpaired) electrons. The highest BCUT2D eigenvalue weighted by Gasteiger charge is 2.62. The summed E-state index contributed by atoms with van der Waals surface area (Å²) in [6.45, 7) is 15.4. The van der Waals surface area contributed by atoms with Crippen LogP contribution in [0.25, 0.3) is 0 Å². The third kappa shape index (κ3) is 6.18. The zero-order valence-electron chi connectivity index (χ0n) is 34.4. The van der Waals surface area contributed by atoms with Gasteiger partial charge in [0.1, 0.15) is 6.10 Å². The van der Waals surface area contributed by atoms with Gasteiger partial charge in [0.25, 0.3) is 0 Å². The molecule has 0 saturated heterocycles. The molecule has 8 saturated carbocycles. The second kappa shape index (κ2) is 14.2. The predicted octanol–water partition coefficient (Wildman–Crippen LogP) is 12.5. The number of esters is 1. The summed E-state index contributed by atoms with van der Waals surface area (Å²) < 4.78 is 6.38. The zero-order valence-corrected chi connectivity index (χ0v) is 34.4. The Bertz CT molecular complexity index is 1320. The van der Waals surface area contributed by atoms with Crippen molar-refractivity contribution in [2.75, 3.05) is 0 Å². The Morgan fingerprint density at radius 2 is 1.10 bits per heavy atom. The van der Waals surface area contributed by atoms with E-state index < -0.39 is 5.97 Å². The number of aliphatic carboxylic acids is 1. The number of rotatable bonds is 9. The maximum atomic E-state index is 13.5. The Balaban J connectivity index is 0.825. The van der Waals surface area contributed by atoms with Gasteiger partial charge in [-0.1, -0.05) is 54.4 Å². The van der Waals surface area contributed by atoms with E-state index in [9.17, 15) is 14.7 Å². The molecule has 0 aliphatic heterocycles. The van der Waals surface area contributed by atoms with Crippen molar-refractivity contribution >= 4 is 11.9 Å². The fraction of sp³-hybridized carbons (Fsp3) is 0.958. The number of hydrogen-bond acceptors (Lipinski definition) is 3. The van der Waals surface area contributed by atoms with E-state index in [0.29, 0.717) is 58.2 Å². The summed E-state index contributed by atoms with van der Waals surface area (Å²) in [5.41, 5.74) is 1.86. The molecule has 0 aromatic heterocycles. The van der Waals surface area contributed by atoms with Gasteiger partial charge in [-0.3, -0.25) is 9.59 Å². The normalized spacial score (nSPS) is 50.7. The Morgan fingerprint density at radius 1 is 0.577 bits per heavy atom. The summed E-state index contributed by atoms with van der Waals surface area (Å²) >= 11 is 0. The van der Waals surface area contributed by atoms with E-state index in [1.807, 2.05) is 0 Å². The van der Waals surface area contributed by atoms with Crippen molar-refractivity contribution in [1.29, 1.82) is 0 Å².